The summed E-state index contributed by atoms with van der Waals surface area (Å²) < 4.78 is 56.0. The molecule has 302 valence electrons. The van der Waals surface area contributed by atoms with Crippen LogP contribution in [0.25, 0.3) is 0 Å². The maximum Gasteiger partial charge on any atom is 0.315 e. The number of fused-ring (bicyclic) bond motifs is 1. The Balaban J connectivity index is 1.35. The smallest absolute Gasteiger partial charge is 0.315 e. The van der Waals surface area contributed by atoms with Crippen LogP contribution in [0.4, 0.5) is 4.79 Å². The molecule has 7 atom stereocenters. The van der Waals surface area contributed by atoms with Crippen LogP contribution in [0.2, 0.25) is 0 Å². The largest absolute Gasteiger partial charge is 0.339 e. The Hall–Kier alpha value is -3.80. The Kier molecular flexibility index (Phi) is 11.2. The second kappa shape index (κ2) is 14.6. The van der Waals surface area contributed by atoms with E-state index in [2.05, 4.69) is 27.3 Å². The standard InChI is InChI=1S/C38H54N6O8S3/c1-11-23-20-38(23,33(47)42-54(49,50)24-16-13-12-14-17-24)41-31(45)29-28-25(37(28,8)9)21-44(29)32(46)30(36(5,6)7)40-34(48)39-26(35(2,3)4)22-43(10)55(51,52)27-18-15-19-53-27/h11-19,23,25-26,28-30H,1,20-22H2,2-10H3,(H,41,45)(H,42,47)(H2,39,40,48)/t23?,25-,26+,28-,29-,30+,38+/m0/s1. The molecular weight excluding hydrogens is 765 g/mol. The molecule has 1 unspecified atom stereocenters. The average Bonchev–Trinajstić information content (AvgIpc) is 3.62. The number of piperidine rings is 1. The third-order valence-corrected chi connectivity index (χ3v) is 16.0. The highest BCUT2D eigenvalue weighted by molar-refractivity contribution is 7.91. The Morgan fingerprint density at radius 2 is 1.62 bits per heavy atom. The van der Waals surface area contributed by atoms with Crippen LogP contribution in [0.1, 0.15) is 61.8 Å². The number of sulfonamides is 2. The van der Waals surface area contributed by atoms with Crippen LogP contribution in [-0.4, -0.2) is 93.6 Å². The van der Waals surface area contributed by atoms with Gasteiger partial charge in [-0.3, -0.25) is 14.4 Å². The predicted molar refractivity (Wildman–Crippen MR) is 209 cm³/mol. The van der Waals surface area contributed by atoms with E-state index in [0.717, 1.165) is 11.3 Å². The van der Waals surface area contributed by atoms with Crippen LogP contribution in [0.5, 0.6) is 0 Å². The van der Waals surface area contributed by atoms with Gasteiger partial charge in [-0.05, 0) is 58.1 Å². The lowest BCUT2D eigenvalue weighted by Crippen LogP contribution is -2.63. The number of nitrogens with one attached hydrogen (secondary N) is 4. The summed E-state index contributed by atoms with van der Waals surface area (Å²) >= 11 is 1.10. The van der Waals surface area contributed by atoms with Crippen LogP contribution in [-0.2, 0) is 34.4 Å². The summed E-state index contributed by atoms with van der Waals surface area (Å²) in [6.07, 6.45) is 1.62. The number of nitrogens with zero attached hydrogens (tertiary/aromatic N) is 2. The van der Waals surface area contributed by atoms with E-state index in [4.69, 9.17) is 0 Å². The predicted octanol–water partition coefficient (Wildman–Crippen LogP) is 3.55. The van der Waals surface area contributed by atoms with E-state index in [1.54, 1.807) is 38.3 Å². The lowest BCUT2D eigenvalue weighted by Gasteiger charge is -2.39. The summed E-state index contributed by atoms with van der Waals surface area (Å²) in [6, 6.07) is 7.16. The molecule has 5 amide bonds. The first kappa shape index (κ1) is 42.3. The second-order valence-corrected chi connectivity index (χ2v) is 22.6. The third kappa shape index (κ3) is 8.35. The van der Waals surface area contributed by atoms with Crippen LogP contribution >= 0.6 is 11.3 Å². The molecule has 0 bridgehead atoms. The van der Waals surface area contributed by atoms with Gasteiger partial charge in [0.2, 0.25) is 11.8 Å². The van der Waals surface area contributed by atoms with Crippen LogP contribution in [0.15, 0.2) is 69.6 Å². The van der Waals surface area contributed by atoms with Gasteiger partial charge in [-0.1, -0.05) is 85.7 Å². The van der Waals surface area contributed by atoms with Crippen molar-refractivity contribution in [3.8, 4) is 0 Å². The zero-order chi connectivity index (χ0) is 41.1. The summed E-state index contributed by atoms with van der Waals surface area (Å²) in [5.41, 5.74) is -3.28. The van der Waals surface area contributed by atoms with Crippen LogP contribution in [0, 0.1) is 34.0 Å². The number of likely N-dealkylation sites (tertiary alicyclic amines) is 1. The molecule has 2 aliphatic carbocycles. The zero-order valence-corrected chi connectivity index (χ0v) is 35.3. The molecule has 1 aliphatic heterocycles. The zero-order valence-electron chi connectivity index (χ0n) is 32.9. The van der Waals surface area contributed by atoms with Gasteiger partial charge >= 0.3 is 6.03 Å². The Morgan fingerprint density at radius 3 is 2.15 bits per heavy atom. The van der Waals surface area contributed by atoms with Crippen molar-refractivity contribution in [2.45, 2.75) is 94.6 Å². The minimum absolute atomic E-state index is 0.0228. The molecule has 3 fully saturated rings. The van der Waals surface area contributed by atoms with E-state index < -0.39 is 84.2 Å². The number of carbonyl (C=O) groups is 4. The van der Waals surface area contributed by atoms with Gasteiger partial charge in [-0.2, -0.15) is 4.31 Å². The number of amides is 5. The van der Waals surface area contributed by atoms with Gasteiger partial charge in [-0.25, -0.2) is 26.4 Å². The molecular formula is C38H54N6O8S3. The van der Waals surface area contributed by atoms with Gasteiger partial charge in [0.15, 0.2) is 0 Å². The van der Waals surface area contributed by atoms with Gasteiger partial charge in [-0.15, -0.1) is 17.9 Å². The van der Waals surface area contributed by atoms with E-state index >= 15 is 0 Å². The first-order valence-corrected chi connectivity index (χ1v) is 22.0. The maximum absolute atomic E-state index is 14.6. The molecule has 2 heterocycles. The molecule has 55 heavy (non-hydrogen) atoms. The molecule has 14 nitrogen and oxygen atoms in total. The third-order valence-electron chi connectivity index (χ3n) is 11.4. The number of rotatable bonds is 13. The molecule has 2 aromatic rings. The molecule has 17 heteroatoms. The van der Waals surface area contributed by atoms with Crippen LogP contribution in [0.3, 0.4) is 0 Å². The lowest BCUT2D eigenvalue weighted by atomic mass is 9.85. The highest BCUT2D eigenvalue weighted by Crippen LogP contribution is 2.65. The van der Waals surface area contributed by atoms with E-state index in [-0.39, 0.29) is 45.9 Å². The van der Waals surface area contributed by atoms with Gasteiger partial charge in [0.1, 0.15) is 21.8 Å². The van der Waals surface area contributed by atoms with Crippen molar-refractivity contribution < 1.29 is 36.0 Å². The molecule has 1 aromatic carbocycles. The van der Waals surface area contributed by atoms with Gasteiger partial charge in [0.05, 0.1) is 4.90 Å². The monoisotopic (exact) mass is 818 g/mol. The number of hydrogen-bond donors (Lipinski definition) is 4. The summed E-state index contributed by atoms with van der Waals surface area (Å²) in [6.45, 7) is 19.0. The van der Waals surface area contributed by atoms with Gasteiger partial charge in [0, 0.05) is 32.1 Å². The molecule has 2 saturated carbocycles. The number of benzene rings is 1. The van der Waals surface area contributed by atoms with Crippen molar-refractivity contribution >= 4 is 55.1 Å². The highest BCUT2D eigenvalue weighted by atomic mass is 32.2. The summed E-state index contributed by atoms with van der Waals surface area (Å²) in [7, 11) is -6.59. The fourth-order valence-corrected chi connectivity index (χ4v) is 11.1. The van der Waals surface area contributed by atoms with Crippen molar-refractivity contribution in [3.05, 3.63) is 60.5 Å². The Bertz CT molecular complexity index is 2040. The number of hydrogen-bond acceptors (Lipinski definition) is 9. The van der Waals surface area contributed by atoms with Crippen molar-refractivity contribution in [1.29, 1.82) is 0 Å². The molecule has 4 N–H and O–H groups in total. The fraction of sp³-hybridized carbons (Fsp3) is 0.579. The summed E-state index contributed by atoms with van der Waals surface area (Å²) in [5, 5.41) is 10.3. The van der Waals surface area contributed by atoms with Gasteiger partial charge < -0.3 is 20.9 Å². The normalized spacial score (nSPS) is 25.6. The SMILES string of the molecule is C=CC1C[C@]1(NC(=O)[C@@H]1[C@@H]2[C@H](CN1C(=O)[C@@H](NC(=O)N[C@H](CN(C)S(=O)(=O)c1cccs1)C(C)(C)C)C(C)(C)C)C2(C)C)C(=O)NS(=O)(=O)c1ccccc1. The Morgan fingerprint density at radius 1 is 0.982 bits per heavy atom. The first-order valence-electron chi connectivity index (χ1n) is 18.2. The number of carbonyl (C=O) groups excluding carboxylic acids is 4. The van der Waals surface area contributed by atoms with Gasteiger partial charge in [0.25, 0.3) is 26.0 Å². The molecule has 0 radical (unpaired) electrons. The van der Waals surface area contributed by atoms with E-state index in [0.29, 0.717) is 0 Å². The van der Waals surface area contributed by atoms with Crippen molar-refractivity contribution in [1.82, 2.24) is 29.9 Å². The molecule has 5 rings (SSSR count). The minimum atomic E-state index is -4.24. The highest BCUT2D eigenvalue weighted by Gasteiger charge is 2.71. The number of urea groups is 1. The topological polar surface area (TPSA) is 191 Å². The minimum Gasteiger partial charge on any atom is -0.339 e. The quantitative estimate of drug-likeness (QED) is 0.221. The number of thiophene rings is 1. The summed E-state index contributed by atoms with van der Waals surface area (Å²) in [4.78, 5) is 57.7. The number of likely N-dealkylation sites (N-methyl/N-ethyl adjacent to an activating group) is 1. The first-order chi connectivity index (χ1) is 25.3. The average molecular weight is 819 g/mol. The van der Waals surface area contributed by atoms with Crippen molar-refractivity contribution in [3.63, 3.8) is 0 Å². The fourth-order valence-electron chi connectivity index (χ4n) is 7.61. The van der Waals surface area contributed by atoms with Crippen LogP contribution < -0.4 is 20.7 Å². The molecule has 0 spiro atoms. The lowest BCUT2D eigenvalue weighted by molar-refractivity contribution is -0.144. The molecule has 1 saturated heterocycles. The van der Waals surface area contributed by atoms with Crippen molar-refractivity contribution in [2.24, 2.45) is 34.0 Å². The van der Waals surface area contributed by atoms with E-state index in [1.165, 1.54) is 52.7 Å². The van der Waals surface area contributed by atoms with Crippen molar-refractivity contribution in [2.75, 3.05) is 20.1 Å². The maximum atomic E-state index is 14.6. The van der Waals surface area contributed by atoms with E-state index in [9.17, 15) is 36.0 Å². The Labute approximate surface area is 329 Å². The van der Waals surface area contributed by atoms with E-state index in [1.807, 2.05) is 34.6 Å². The molecule has 1 aromatic heterocycles. The second-order valence-electron chi connectivity index (χ2n) is 17.7. The molecule has 3 aliphatic rings. The summed E-state index contributed by atoms with van der Waals surface area (Å²) in [5.74, 6) is -2.79.